The van der Waals surface area contributed by atoms with Crippen LogP contribution in [0.4, 0.5) is 20.2 Å². The molecule has 0 aliphatic carbocycles. The van der Waals surface area contributed by atoms with E-state index in [0.29, 0.717) is 38.8 Å². The summed E-state index contributed by atoms with van der Waals surface area (Å²) in [6, 6.07) is 11.3. The Labute approximate surface area is 199 Å². The Hall–Kier alpha value is -3.72. The standard InChI is InChI=1S/C25H21F2N3O3S/c1-4-33-24(32)22-14(2)20(28-15(22)3)13-21-23(31)30(19-10-6-8-17(27)12-19)25(34-21)29-18-9-5-7-16(26)11-18/h5-13,28H,4H2,1-3H3/b21-13-,29-25?. The Bertz CT molecular complexity index is 1350. The van der Waals surface area contributed by atoms with Crippen molar-refractivity contribution in [2.24, 2.45) is 4.99 Å². The van der Waals surface area contributed by atoms with Gasteiger partial charge in [-0.05, 0) is 80.6 Å². The first-order chi connectivity index (χ1) is 16.3. The van der Waals surface area contributed by atoms with Crippen LogP contribution >= 0.6 is 11.8 Å². The number of thioether (sulfide) groups is 1. The Balaban J connectivity index is 1.78. The summed E-state index contributed by atoms with van der Waals surface area (Å²) in [6.45, 7) is 5.49. The van der Waals surface area contributed by atoms with Gasteiger partial charge in [-0.15, -0.1) is 0 Å². The number of anilines is 1. The second kappa shape index (κ2) is 9.64. The molecule has 174 valence electrons. The third-order valence-electron chi connectivity index (χ3n) is 5.14. The number of aromatic nitrogens is 1. The van der Waals surface area contributed by atoms with Gasteiger partial charge in [-0.25, -0.2) is 18.6 Å². The van der Waals surface area contributed by atoms with Crippen LogP contribution in [-0.2, 0) is 9.53 Å². The first kappa shape index (κ1) is 23.4. The molecule has 2 heterocycles. The maximum absolute atomic E-state index is 13.9. The monoisotopic (exact) mass is 481 g/mol. The van der Waals surface area contributed by atoms with Crippen LogP contribution in [0.25, 0.3) is 6.08 Å². The van der Waals surface area contributed by atoms with E-state index in [1.165, 1.54) is 41.3 Å². The number of hydrogen-bond donors (Lipinski definition) is 1. The molecule has 1 aliphatic rings. The fourth-order valence-electron chi connectivity index (χ4n) is 3.61. The molecule has 0 radical (unpaired) electrons. The summed E-state index contributed by atoms with van der Waals surface area (Å²) >= 11 is 1.07. The number of esters is 1. The second-order valence-electron chi connectivity index (χ2n) is 7.49. The predicted octanol–water partition coefficient (Wildman–Crippen LogP) is 5.90. The van der Waals surface area contributed by atoms with Crippen LogP contribution in [0.3, 0.4) is 0 Å². The van der Waals surface area contributed by atoms with Crippen LogP contribution in [0.5, 0.6) is 0 Å². The number of nitrogens with zero attached hydrogens (tertiary/aromatic N) is 2. The van der Waals surface area contributed by atoms with Gasteiger partial charge in [-0.2, -0.15) is 0 Å². The zero-order chi connectivity index (χ0) is 24.4. The molecule has 0 saturated carbocycles. The van der Waals surface area contributed by atoms with Crippen molar-refractivity contribution in [3.8, 4) is 0 Å². The van der Waals surface area contributed by atoms with Gasteiger partial charge >= 0.3 is 5.97 Å². The summed E-state index contributed by atoms with van der Waals surface area (Å²) in [6.07, 6.45) is 1.62. The summed E-state index contributed by atoms with van der Waals surface area (Å²) < 4.78 is 32.8. The van der Waals surface area contributed by atoms with Crippen LogP contribution in [0.2, 0.25) is 0 Å². The molecule has 3 aromatic rings. The van der Waals surface area contributed by atoms with Gasteiger partial charge in [-0.1, -0.05) is 12.1 Å². The number of aromatic amines is 1. The molecule has 9 heteroatoms. The Morgan fingerprint density at radius 1 is 1.15 bits per heavy atom. The van der Waals surface area contributed by atoms with Crippen LogP contribution in [0, 0.1) is 25.5 Å². The fraction of sp³-hybridized carbons (Fsp3) is 0.160. The van der Waals surface area contributed by atoms with Crippen molar-refractivity contribution >= 4 is 46.3 Å². The van der Waals surface area contributed by atoms with Gasteiger partial charge in [0.15, 0.2) is 5.17 Å². The Morgan fingerprint density at radius 3 is 2.53 bits per heavy atom. The highest BCUT2D eigenvalue weighted by Crippen LogP contribution is 2.38. The lowest BCUT2D eigenvalue weighted by Crippen LogP contribution is -2.28. The van der Waals surface area contributed by atoms with E-state index >= 15 is 0 Å². The number of hydrogen-bond acceptors (Lipinski definition) is 5. The van der Waals surface area contributed by atoms with Gasteiger partial charge in [0.2, 0.25) is 0 Å². The first-order valence-corrected chi connectivity index (χ1v) is 11.3. The smallest absolute Gasteiger partial charge is 0.340 e. The Morgan fingerprint density at radius 2 is 1.85 bits per heavy atom. The van der Waals surface area contributed by atoms with Crippen LogP contribution < -0.4 is 4.90 Å². The van der Waals surface area contributed by atoms with E-state index in [-0.39, 0.29) is 11.8 Å². The second-order valence-corrected chi connectivity index (χ2v) is 8.50. The maximum Gasteiger partial charge on any atom is 0.340 e. The number of aliphatic imine (C=N–C) groups is 1. The lowest BCUT2D eigenvalue weighted by atomic mass is 10.1. The normalized spacial score (nSPS) is 16.0. The lowest BCUT2D eigenvalue weighted by Gasteiger charge is -2.15. The van der Waals surface area contributed by atoms with Crippen molar-refractivity contribution in [1.29, 1.82) is 0 Å². The highest BCUT2D eigenvalue weighted by Gasteiger charge is 2.35. The Kier molecular flexibility index (Phi) is 6.65. The zero-order valence-electron chi connectivity index (χ0n) is 18.7. The number of rotatable bonds is 5. The lowest BCUT2D eigenvalue weighted by molar-refractivity contribution is -0.113. The van der Waals surface area contributed by atoms with Crippen molar-refractivity contribution in [2.75, 3.05) is 11.5 Å². The van der Waals surface area contributed by atoms with Crippen molar-refractivity contribution in [3.05, 3.63) is 87.6 Å². The highest BCUT2D eigenvalue weighted by atomic mass is 32.2. The van der Waals surface area contributed by atoms with Crippen molar-refractivity contribution in [2.45, 2.75) is 20.8 Å². The minimum absolute atomic E-state index is 0.246. The van der Waals surface area contributed by atoms with Crippen molar-refractivity contribution in [1.82, 2.24) is 4.98 Å². The van der Waals surface area contributed by atoms with Gasteiger partial charge in [0.1, 0.15) is 11.6 Å². The predicted molar refractivity (Wildman–Crippen MR) is 129 cm³/mol. The quantitative estimate of drug-likeness (QED) is 0.364. The van der Waals surface area contributed by atoms with E-state index in [4.69, 9.17) is 4.74 Å². The van der Waals surface area contributed by atoms with Crippen LogP contribution in [0.15, 0.2) is 58.4 Å². The number of H-pyrrole nitrogens is 1. The molecule has 4 rings (SSSR count). The van der Waals surface area contributed by atoms with Crippen LogP contribution in [0.1, 0.15) is 34.2 Å². The van der Waals surface area contributed by atoms with Gasteiger partial charge in [0.05, 0.1) is 28.5 Å². The SMILES string of the molecule is CCOC(=O)c1c(C)[nH]c(/C=C2\SC(=Nc3cccc(F)c3)N(c3cccc(F)c3)C2=O)c1C. The molecule has 1 aliphatic heterocycles. The zero-order valence-corrected chi connectivity index (χ0v) is 19.5. The average molecular weight is 482 g/mol. The molecule has 2 aromatic carbocycles. The molecule has 1 fully saturated rings. The number of carbonyl (C=O) groups is 2. The third kappa shape index (κ3) is 4.65. The van der Waals surface area contributed by atoms with E-state index in [0.717, 1.165) is 11.8 Å². The van der Waals surface area contributed by atoms with Gasteiger partial charge < -0.3 is 9.72 Å². The largest absolute Gasteiger partial charge is 0.462 e. The molecule has 0 spiro atoms. The molecule has 0 unspecified atom stereocenters. The number of aryl methyl sites for hydroxylation is 1. The number of halogens is 2. The average Bonchev–Trinajstić information content (AvgIpc) is 3.23. The molecule has 0 atom stereocenters. The van der Waals surface area contributed by atoms with E-state index < -0.39 is 23.5 Å². The number of benzene rings is 2. The maximum atomic E-state index is 13.9. The van der Waals surface area contributed by atoms with E-state index in [1.54, 1.807) is 39.0 Å². The molecule has 1 amide bonds. The van der Waals surface area contributed by atoms with Crippen LogP contribution in [-0.4, -0.2) is 28.6 Å². The third-order valence-corrected chi connectivity index (χ3v) is 6.11. The molecule has 1 saturated heterocycles. The summed E-state index contributed by atoms with van der Waals surface area (Å²) in [4.78, 5) is 34.9. The summed E-state index contributed by atoms with van der Waals surface area (Å²) in [7, 11) is 0. The van der Waals surface area contributed by atoms with E-state index in [2.05, 4.69) is 9.98 Å². The molecular weight excluding hydrogens is 460 g/mol. The van der Waals surface area contributed by atoms with E-state index in [1.807, 2.05) is 0 Å². The molecule has 6 nitrogen and oxygen atoms in total. The molecule has 0 bridgehead atoms. The molecule has 1 aromatic heterocycles. The number of carbonyl (C=O) groups excluding carboxylic acids is 2. The highest BCUT2D eigenvalue weighted by molar-refractivity contribution is 8.19. The minimum atomic E-state index is -0.507. The number of ether oxygens (including phenoxy) is 1. The summed E-state index contributed by atoms with van der Waals surface area (Å²) in [5.74, 6) is -1.84. The number of amidine groups is 1. The molecule has 1 N–H and O–H groups in total. The number of nitrogens with one attached hydrogen (secondary N) is 1. The van der Waals surface area contributed by atoms with Gasteiger partial charge in [0, 0.05) is 11.4 Å². The van der Waals surface area contributed by atoms with Crippen molar-refractivity contribution < 1.29 is 23.1 Å². The fourth-order valence-corrected chi connectivity index (χ4v) is 4.59. The molecular formula is C25H21F2N3O3S. The summed E-state index contributed by atoms with van der Waals surface area (Å²) in [5.41, 5.74) is 2.86. The van der Waals surface area contributed by atoms with E-state index in [9.17, 15) is 18.4 Å². The van der Waals surface area contributed by atoms with Crippen molar-refractivity contribution in [3.63, 3.8) is 0 Å². The topological polar surface area (TPSA) is 74.8 Å². The van der Waals surface area contributed by atoms with Gasteiger partial charge in [-0.3, -0.25) is 9.69 Å². The minimum Gasteiger partial charge on any atom is -0.462 e. The summed E-state index contributed by atoms with van der Waals surface area (Å²) in [5, 5.41) is 0.249. The molecule has 34 heavy (non-hydrogen) atoms. The first-order valence-electron chi connectivity index (χ1n) is 10.5. The van der Waals surface area contributed by atoms with Gasteiger partial charge in [0.25, 0.3) is 5.91 Å². The number of amides is 1.